The number of nitrogens with zero attached hydrogens (tertiary/aromatic N) is 3. The van der Waals surface area contributed by atoms with Crippen LogP contribution in [0.3, 0.4) is 0 Å². The third kappa shape index (κ3) is 4.70. The van der Waals surface area contributed by atoms with Crippen molar-refractivity contribution < 1.29 is 4.39 Å². The van der Waals surface area contributed by atoms with Crippen LogP contribution in [0.2, 0.25) is 0 Å². The molecule has 6 heteroatoms. The second-order valence-corrected chi connectivity index (χ2v) is 9.18. The van der Waals surface area contributed by atoms with Crippen LogP contribution in [0.15, 0.2) is 63.4 Å². The van der Waals surface area contributed by atoms with Gasteiger partial charge in [-0.15, -0.1) is 0 Å². The molecule has 1 saturated heterocycles. The number of benzene rings is 2. The third-order valence-corrected chi connectivity index (χ3v) is 6.58. The molecule has 0 bridgehead atoms. The van der Waals surface area contributed by atoms with Crippen molar-refractivity contribution in [2.45, 2.75) is 49.1 Å². The molecule has 0 radical (unpaired) electrons. The third-order valence-electron chi connectivity index (χ3n) is 5.58. The molecule has 3 aromatic rings. The Kier molecular flexibility index (Phi) is 6.01. The van der Waals surface area contributed by atoms with Gasteiger partial charge in [0.25, 0.3) is 5.56 Å². The van der Waals surface area contributed by atoms with Crippen LogP contribution in [0.25, 0.3) is 10.9 Å². The maximum Gasteiger partial charge on any atom is 0.261 e. The first-order valence-electron chi connectivity index (χ1n) is 10.2. The number of rotatable bonds is 5. The lowest BCUT2D eigenvalue weighted by molar-refractivity contribution is 0.130. The Hall–Kier alpha value is -2.18. The highest BCUT2D eigenvalue weighted by Gasteiger charge is 2.22. The number of likely N-dealkylation sites (tertiary alicyclic amines) is 1. The van der Waals surface area contributed by atoms with E-state index in [0.717, 1.165) is 29.3 Å². The van der Waals surface area contributed by atoms with Crippen LogP contribution in [-0.4, -0.2) is 33.6 Å². The molecule has 1 atom stereocenters. The van der Waals surface area contributed by atoms with Crippen molar-refractivity contribution in [1.29, 1.82) is 0 Å². The van der Waals surface area contributed by atoms with Gasteiger partial charge in [-0.25, -0.2) is 9.37 Å². The first-order chi connectivity index (χ1) is 14.0. The van der Waals surface area contributed by atoms with Gasteiger partial charge in [0, 0.05) is 28.9 Å². The molecule has 0 aliphatic carbocycles. The van der Waals surface area contributed by atoms with E-state index in [4.69, 9.17) is 0 Å². The van der Waals surface area contributed by atoms with E-state index >= 15 is 0 Å². The summed E-state index contributed by atoms with van der Waals surface area (Å²) < 4.78 is 14.9. The van der Waals surface area contributed by atoms with Crippen LogP contribution < -0.4 is 5.56 Å². The van der Waals surface area contributed by atoms with E-state index in [1.807, 2.05) is 18.2 Å². The van der Waals surface area contributed by atoms with Gasteiger partial charge in [-0.1, -0.05) is 11.8 Å². The van der Waals surface area contributed by atoms with E-state index < -0.39 is 0 Å². The summed E-state index contributed by atoms with van der Waals surface area (Å²) in [5, 5.41) is 0.635. The second kappa shape index (κ2) is 8.67. The quantitative estimate of drug-likeness (QED) is 0.604. The lowest BCUT2D eigenvalue weighted by Gasteiger charge is -2.35. The van der Waals surface area contributed by atoms with Crippen molar-refractivity contribution in [1.82, 2.24) is 14.5 Å². The number of hydrogen-bond donors (Lipinski definition) is 0. The average Bonchev–Trinajstić information content (AvgIpc) is 2.72. The van der Waals surface area contributed by atoms with Crippen molar-refractivity contribution in [2.75, 3.05) is 13.1 Å². The molecule has 1 aliphatic rings. The number of aromatic nitrogens is 2. The van der Waals surface area contributed by atoms with Gasteiger partial charge >= 0.3 is 0 Å². The Morgan fingerprint density at radius 1 is 1.17 bits per heavy atom. The number of piperidine rings is 1. The molecule has 152 valence electrons. The Bertz CT molecular complexity index is 1050. The lowest BCUT2D eigenvalue weighted by Crippen LogP contribution is -2.42. The maximum atomic E-state index is 13.1. The van der Waals surface area contributed by atoms with Gasteiger partial charge in [-0.2, -0.15) is 0 Å². The largest absolute Gasteiger partial charge is 0.301 e. The molecule has 0 unspecified atom stereocenters. The Labute approximate surface area is 174 Å². The minimum atomic E-state index is -0.251. The van der Waals surface area contributed by atoms with Crippen molar-refractivity contribution in [3.05, 3.63) is 65.0 Å². The molecule has 0 N–H and O–H groups in total. The first-order valence-corrected chi connectivity index (χ1v) is 11.0. The number of fused-ring (bicyclic) bond motifs is 1. The number of halogens is 1. The van der Waals surface area contributed by atoms with Crippen LogP contribution in [0.5, 0.6) is 0 Å². The van der Waals surface area contributed by atoms with E-state index in [0.29, 0.717) is 29.4 Å². The summed E-state index contributed by atoms with van der Waals surface area (Å²) in [6.45, 7) is 7.34. The molecule has 4 nitrogen and oxygen atoms in total. The van der Waals surface area contributed by atoms with E-state index in [-0.39, 0.29) is 11.4 Å². The van der Waals surface area contributed by atoms with Crippen molar-refractivity contribution in [3.63, 3.8) is 0 Å². The molecule has 1 fully saturated rings. The monoisotopic (exact) mass is 411 g/mol. The zero-order valence-corrected chi connectivity index (χ0v) is 17.7. The first kappa shape index (κ1) is 20.1. The van der Waals surface area contributed by atoms with Crippen LogP contribution in [0.4, 0.5) is 4.39 Å². The Morgan fingerprint density at radius 3 is 2.69 bits per heavy atom. The van der Waals surface area contributed by atoms with Gasteiger partial charge in [0.1, 0.15) is 5.82 Å². The fourth-order valence-corrected chi connectivity index (χ4v) is 4.82. The van der Waals surface area contributed by atoms with Crippen molar-refractivity contribution >= 4 is 22.7 Å². The Morgan fingerprint density at radius 2 is 1.93 bits per heavy atom. The highest BCUT2D eigenvalue weighted by Crippen LogP contribution is 2.29. The lowest BCUT2D eigenvalue weighted by atomic mass is 9.97. The van der Waals surface area contributed by atoms with Crippen LogP contribution in [0.1, 0.15) is 26.7 Å². The van der Waals surface area contributed by atoms with Crippen molar-refractivity contribution in [3.8, 4) is 0 Å². The zero-order valence-electron chi connectivity index (χ0n) is 16.8. The van der Waals surface area contributed by atoms with E-state index in [1.54, 1.807) is 23.0 Å². The molecule has 0 saturated carbocycles. The summed E-state index contributed by atoms with van der Waals surface area (Å²) in [6, 6.07) is 12.7. The molecule has 29 heavy (non-hydrogen) atoms. The second-order valence-electron chi connectivity index (χ2n) is 8.03. The predicted octanol–water partition coefficient (Wildman–Crippen LogP) is 4.81. The van der Waals surface area contributed by atoms with Gasteiger partial charge in [-0.3, -0.25) is 9.36 Å². The summed E-state index contributed by atoms with van der Waals surface area (Å²) >= 11 is 1.52. The smallest absolute Gasteiger partial charge is 0.261 e. The summed E-state index contributed by atoms with van der Waals surface area (Å²) in [4.78, 5) is 22.0. The van der Waals surface area contributed by atoms with Crippen LogP contribution >= 0.6 is 11.8 Å². The zero-order chi connectivity index (χ0) is 20.4. The summed E-state index contributed by atoms with van der Waals surface area (Å²) in [5.41, 5.74) is 0.723. The summed E-state index contributed by atoms with van der Waals surface area (Å²) in [7, 11) is 0. The van der Waals surface area contributed by atoms with Gasteiger partial charge < -0.3 is 4.90 Å². The van der Waals surface area contributed by atoms with Gasteiger partial charge in [0.2, 0.25) is 0 Å². The minimum absolute atomic E-state index is 0.0122. The van der Waals surface area contributed by atoms with Crippen molar-refractivity contribution in [2.24, 2.45) is 5.92 Å². The normalized spacial score (nSPS) is 17.9. The fourth-order valence-electron chi connectivity index (χ4n) is 3.96. The molecule has 2 heterocycles. The van der Waals surface area contributed by atoms with E-state index in [1.165, 1.54) is 30.3 Å². The molecule has 1 aromatic heterocycles. The molecule has 2 aromatic carbocycles. The highest BCUT2D eigenvalue weighted by molar-refractivity contribution is 7.99. The van der Waals surface area contributed by atoms with Gasteiger partial charge in [0.05, 0.1) is 17.2 Å². The van der Waals surface area contributed by atoms with E-state index in [9.17, 15) is 9.18 Å². The standard InChI is InChI=1S/C23H26FN3OS/c1-16(2)26-11-3-4-17(13-26)14-27-15-25-22-10-9-20(12-21(22)23(27)28)29-19-7-5-18(24)6-8-19/h5-10,12,15-17H,3-4,11,13-14H2,1-2H3/t17-/m0/s1. The predicted molar refractivity (Wildman–Crippen MR) is 116 cm³/mol. The maximum absolute atomic E-state index is 13.1. The van der Waals surface area contributed by atoms with Crippen LogP contribution in [-0.2, 0) is 6.54 Å². The Balaban J connectivity index is 1.57. The van der Waals surface area contributed by atoms with Gasteiger partial charge in [0.15, 0.2) is 0 Å². The SMILES string of the molecule is CC(C)N1CCC[C@H](Cn2cnc3ccc(Sc4ccc(F)cc4)cc3c2=O)C1. The minimum Gasteiger partial charge on any atom is -0.301 e. The summed E-state index contributed by atoms with van der Waals surface area (Å²) in [6.07, 6.45) is 4.01. The highest BCUT2D eigenvalue weighted by atomic mass is 32.2. The molecule has 4 rings (SSSR count). The van der Waals surface area contributed by atoms with Gasteiger partial charge in [-0.05, 0) is 81.6 Å². The number of hydrogen-bond acceptors (Lipinski definition) is 4. The topological polar surface area (TPSA) is 38.1 Å². The average molecular weight is 412 g/mol. The summed E-state index contributed by atoms with van der Waals surface area (Å²) in [5.74, 6) is 0.221. The van der Waals surface area contributed by atoms with Crippen LogP contribution in [0, 0.1) is 11.7 Å². The molecule has 1 aliphatic heterocycles. The molecule has 0 spiro atoms. The molecule has 0 amide bonds. The van der Waals surface area contributed by atoms with E-state index in [2.05, 4.69) is 23.7 Å². The molecular weight excluding hydrogens is 385 g/mol. The molecular formula is C23H26FN3OS. The fraction of sp³-hybridized carbons (Fsp3) is 0.391.